The van der Waals surface area contributed by atoms with E-state index >= 15 is 0 Å². The molecule has 0 saturated carbocycles. The summed E-state index contributed by atoms with van der Waals surface area (Å²) in [6.07, 6.45) is 0.238. The van der Waals surface area contributed by atoms with Gasteiger partial charge in [-0.3, -0.25) is 4.98 Å². The number of alkyl halides is 1. The van der Waals surface area contributed by atoms with Crippen molar-refractivity contribution in [3.63, 3.8) is 0 Å². The summed E-state index contributed by atoms with van der Waals surface area (Å²) in [5, 5.41) is 2.54. The van der Waals surface area contributed by atoms with Crippen LogP contribution in [-0.2, 0) is 0 Å². The molecule has 0 fully saturated rings. The van der Waals surface area contributed by atoms with Crippen LogP contribution in [0.4, 0.5) is 4.39 Å². The van der Waals surface area contributed by atoms with E-state index in [0.717, 1.165) is 0 Å². The molecule has 0 saturated heterocycles. The number of nitrogens with zero attached hydrogens (tertiary/aromatic N) is 1. The Morgan fingerprint density at radius 2 is 2.42 bits per heavy atom. The van der Waals surface area contributed by atoms with E-state index in [1.54, 1.807) is 31.4 Å². The third-order valence-electron chi connectivity index (χ3n) is 1.27. The van der Waals surface area contributed by atoms with Gasteiger partial charge in [0.15, 0.2) is 0 Å². The fourth-order valence-electron chi connectivity index (χ4n) is 0.735. The maximum Gasteiger partial charge on any atom is 0.204 e. The first-order valence-corrected chi connectivity index (χ1v) is 3.57. The second-order valence-electron chi connectivity index (χ2n) is 2.14. The Kier molecular flexibility index (Phi) is 3.09. The van der Waals surface area contributed by atoms with Crippen molar-refractivity contribution in [2.45, 2.75) is 6.17 Å². The number of aromatic nitrogens is 1. The molecule has 1 aromatic heterocycles. The van der Waals surface area contributed by atoms with Gasteiger partial charge in [-0.1, -0.05) is 6.07 Å². The normalized spacial score (nSPS) is 11.2. The molecule has 0 amide bonds. The molecule has 0 aliphatic rings. The van der Waals surface area contributed by atoms with Gasteiger partial charge in [0, 0.05) is 19.3 Å². The van der Waals surface area contributed by atoms with Gasteiger partial charge in [0.25, 0.3) is 0 Å². The van der Waals surface area contributed by atoms with Crippen LogP contribution >= 0.6 is 0 Å². The summed E-state index contributed by atoms with van der Waals surface area (Å²) in [7, 11) is 1.64. The van der Waals surface area contributed by atoms with Gasteiger partial charge in [-0.05, 0) is 18.1 Å². The van der Waals surface area contributed by atoms with Gasteiger partial charge in [0.05, 0.1) is 5.69 Å². The summed E-state index contributed by atoms with van der Waals surface area (Å²) < 4.78 is 13.0. The average molecular weight is 164 g/mol. The Balaban J connectivity index is 2.72. The van der Waals surface area contributed by atoms with Gasteiger partial charge in [-0.15, -0.1) is 0 Å². The van der Waals surface area contributed by atoms with Crippen LogP contribution in [0.1, 0.15) is 11.9 Å². The van der Waals surface area contributed by atoms with Crippen LogP contribution in [0.15, 0.2) is 24.4 Å². The zero-order valence-electron chi connectivity index (χ0n) is 6.71. The molecule has 0 aliphatic heterocycles. The van der Waals surface area contributed by atoms with Crippen LogP contribution in [0.5, 0.6) is 0 Å². The first kappa shape index (κ1) is 8.54. The lowest BCUT2D eigenvalue weighted by atomic mass is 10.2. The summed E-state index contributed by atoms with van der Waals surface area (Å²) in [5.74, 6) is 2.36. The minimum absolute atomic E-state index is 0.347. The first-order chi connectivity index (χ1) is 5.84. The highest BCUT2D eigenvalue weighted by molar-refractivity contribution is 5.17. The quantitative estimate of drug-likeness (QED) is 0.499. The fraction of sp³-hybridized carbons (Fsp3) is 0.222. The zero-order valence-corrected chi connectivity index (χ0v) is 6.71. The van der Waals surface area contributed by atoms with E-state index in [2.05, 4.69) is 22.3 Å². The SMILES string of the molecule is CNC#CC(F)c1ccccn1. The second-order valence-corrected chi connectivity index (χ2v) is 2.14. The summed E-state index contributed by atoms with van der Waals surface area (Å²) in [4.78, 5) is 3.83. The molecular formula is C9H9FN2. The molecule has 62 valence electrons. The van der Waals surface area contributed by atoms with E-state index in [-0.39, 0.29) is 0 Å². The van der Waals surface area contributed by atoms with E-state index in [0.29, 0.717) is 5.69 Å². The monoisotopic (exact) mass is 164 g/mol. The fourth-order valence-corrected chi connectivity index (χ4v) is 0.735. The third-order valence-corrected chi connectivity index (χ3v) is 1.27. The number of hydrogen-bond acceptors (Lipinski definition) is 2. The highest BCUT2D eigenvalue weighted by Crippen LogP contribution is 2.11. The van der Waals surface area contributed by atoms with E-state index < -0.39 is 6.17 Å². The van der Waals surface area contributed by atoms with Gasteiger partial charge < -0.3 is 5.32 Å². The molecule has 0 radical (unpaired) electrons. The van der Waals surface area contributed by atoms with Gasteiger partial charge in [-0.25, -0.2) is 4.39 Å². The van der Waals surface area contributed by atoms with Crippen molar-refractivity contribution >= 4 is 0 Å². The molecule has 1 aromatic rings. The predicted octanol–water partition coefficient (Wildman–Crippen LogP) is 1.27. The van der Waals surface area contributed by atoms with Crippen molar-refractivity contribution in [1.29, 1.82) is 0 Å². The highest BCUT2D eigenvalue weighted by atomic mass is 19.1. The molecule has 1 atom stereocenters. The van der Waals surface area contributed by atoms with E-state index in [1.165, 1.54) is 0 Å². The standard InChI is InChI=1S/C9H9FN2/c1-11-7-5-8(10)9-4-2-3-6-12-9/h2-4,6,8,11H,1H3. The van der Waals surface area contributed by atoms with Crippen molar-refractivity contribution in [2.24, 2.45) is 0 Å². The molecule has 1 unspecified atom stereocenters. The topological polar surface area (TPSA) is 24.9 Å². The molecule has 1 heterocycles. The second kappa shape index (κ2) is 4.35. The van der Waals surface area contributed by atoms with Crippen LogP contribution < -0.4 is 5.32 Å². The van der Waals surface area contributed by atoms with Crippen LogP contribution in [0.2, 0.25) is 0 Å². The molecule has 12 heavy (non-hydrogen) atoms. The maximum atomic E-state index is 13.0. The summed E-state index contributed by atoms with van der Waals surface area (Å²) in [6.45, 7) is 0. The Labute approximate surface area is 70.8 Å². The zero-order chi connectivity index (χ0) is 8.81. The number of halogens is 1. The molecule has 1 N–H and O–H groups in total. The Morgan fingerprint density at radius 1 is 1.58 bits per heavy atom. The average Bonchev–Trinajstić information content (AvgIpc) is 2.15. The van der Waals surface area contributed by atoms with Crippen molar-refractivity contribution < 1.29 is 4.39 Å². The summed E-state index contributed by atoms with van der Waals surface area (Å²) >= 11 is 0. The molecule has 1 rings (SSSR count). The molecule has 0 spiro atoms. The van der Waals surface area contributed by atoms with Crippen molar-refractivity contribution in [1.82, 2.24) is 10.3 Å². The Hall–Kier alpha value is -1.56. The number of hydrogen-bond donors (Lipinski definition) is 1. The lowest BCUT2D eigenvalue weighted by Gasteiger charge is -1.97. The number of rotatable bonds is 1. The molecule has 0 bridgehead atoms. The largest absolute Gasteiger partial charge is 0.349 e. The summed E-state index contributed by atoms with van der Waals surface area (Å²) in [6, 6.07) is 7.51. The van der Waals surface area contributed by atoms with Crippen molar-refractivity contribution in [3.8, 4) is 12.0 Å². The van der Waals surface area contributed by atoms with Gasteiger partial charge in [0.2, 0.25) is 6.17 Å². The maximum absolute atomic E-state index is 13.0. The first-order valence-electron chi connectivity index (χ1n) is 3.57. The van der Waals surface area contributed by atoms with Crippen LogP contribution in [0.25, 0.3) is 0 Å². The third kappa shape index (κ3) is 2.24. The van der Waals surface area contributed by atoms with E-state index in [9.17, 15) is 4.39 Å². The molecule has 3 heteroatoms. The Morgan fingerprint density at radius 3 is 3.00 bits per heavy atom. The molecule has 0 aliphatic carbocycles. The number of pyridine rings is 1. The van der Waals surface area contributed by atoms with Gasteiger partial charge in [0.1, 0.15) is 0 Å². The van der Waals surface area contributed by atoms with Crippen molar-refractivity contribution in [2.75, 3.05) is 7.05 Å². The smallest absolute Gasteiger partial charge is 0.204 e. The Bertz CT molecular complexity index is 286. The lowest BCUT2D eigenvalue weighted by Crippen LogP contribution is -1.96. The minimum Gasteiger partial charge on any atom is -0.349 e. The van der Waals surface area contributed by atoms with E-state index in [4.69, 9.17) is 0 Å². The van der Waals surface area contributed by atoms with Crippen LogP contribution in [-0.4, -0.2) is 12.0 Å². The molecular weight excluding hydrogens is 155 g/mol. The van der Waals surface area contributed by atoms with Gasteiger partial charge in [-0.2, -0.15) is 0 Å². The molecule has 0 aromatic carbocycles. The van der Waals surface area contributed by atoms with Crippen LogP contribution in [0.3, 0.4) is 0 Å². The number of nitrogens with one attached hydrogen (secondary N) is 1. The predicted molar refractivity (Wildman–Crippen MR) is 44.9 cm³/mol. The lowest BCUT2D eigenvalue weighted by molar-refractivity contribution is 0.418. The molecule has 2 nitrogen and oxygen atoms in total. The van der Waals surface area contributed by atoms with E-state index in [1.807, 2.05) is 0 Å². The van der Waals surface area contributed by atoms with Crippen molar-refractivity contribution in [3.05, 3.63) is 30.1 Å². The minimum atomic E-state index is -1.31. The highest BCUT2D eigenvalue weighted by Gasteiger charge is 2.04. The van der Waals surface area contributed by atoms with Crippen LogP contribution in [0, 0.1) is 12.0 Å². The van der Waals surface area contributed by atoms with Gasteiger partial charge >= 0.3 is 0 Å². The summed E-state index contributed by atoms with van der Waals surface area (Å²) in [5.41, 5.74) is 0.347.